The number of hydrogen-bond acceptors (Lipinski definition) is 4. The smallest absolute Gasteiger partial charge is 0.303 e. The number of carboxylic acid groups (broad SMARTS) is 1. The zero-order chi connectivity index (χ0) is 21.6. The van der Waals surface area contributed by atoms with Gasteiger partial charge in [-0.15, -0.1) is 0 Å². The van der Waals surface area contributed by atoms with Crippen molar-refractivity contribution in [1.82, 2.24) is 0 Å². The number of hydrogen-bond donors (Lipinski definition) is 3. The minimum Gasteiger partial charge on any atom is -0.481 e. The van der Waals surface area contributed by atoms with E-state index < -0.39 is 18.2 Å². The summed E-state index contributed by atoms with van der Waals surface area (Å²) in [7, 11) is 0. The molecule has 0 bridgehead atoms. The number of unbranched alkanes of at least 4 members (excludes halogenated alkanes) is 2. The molecule has 3 rings (SSSR count). The highest BCUT2D eigenvalue weighted by Gasteiger charge is 2.58. The average Bonchev–Trinajstić information content (AvgIpc) is 3.25. The number of aliphatic hydroxyl groups excluding tert-OH is 2. The molecule has 30 heavy (non-hydrogen) atoms. The molecule has 0 aliphatic heterocycles. The van der Waals surface area contributed by atoms with Crippen molar-refractivity contribution in [2.45, 2.75) is 102 Å². The molecule has 0 spiro atoms. The van der Waals surface area contributed by atoms with Gasteiger partial charge in [0.25, 0.3) is 0 Å². The van der Waals surface area contributed by atoms with Crippen LogP contribution < -0.4 is 0 Å². The van der Waals surface area contributed by atoms with Gasteiger partial charge in [0, 0.05) is 24.9 Å². The predicted molar refractivity (Wildman–Crippen MR) is 117 cm³/mol. The highest BCUT2D eigenvalue weighted by molar-refractivity contribution is 5.66. The van der Waals surface area contributed by atoms with Crippen LogP contribution in [0.5, 0.6) is 0 Å². The molecule has 0 amide bonds. The summed E-state index contributed by atoms with van der Waals surface area (Å²) in [6.45, 7) is 2.87. The van der Waals surface area contributed by atoms with Gasteiger partial charge in [-0.05, 0) is 62.9 Å². The number of carboxylic acids is 1. The molecule has 3 saturated carbocycles. The summed E-state index contributed by atoms with van der Waals surface area (Å²) in [6.07, 6.45) is 16.1. The van der Waals surface area contributed by atoms with Crippen molar-refractivity contribution in [3.8, 4) is 0 Å². The molecule has 5 nitrogen and oxygen atoms in total. The van der Waals surface area contributed by atoms with Crippen molar-refractivity contribution in [3.05, 3.63) is 23.8 Å². The van der Waals surface area contributed by atoms with E-state index in [0.29, 0.717) is 18.8 Å². The Labute approximate surface area is 181 Å². The Hall–Kier alpha value is -1.17. The third kappa shape index (κ3) is 5.35. The van der Waals surface area contributed by atoms with E-state index in [1.165, 1.54) is 18.4 Å². The fourth-order valence-electron chi connectivity index (χ4n) is 5.71. The van der Waals surface area contributed by atoms with Gasteiger partial charge < -0.3 is 20.1 Å². The Morgan fingerprint density at radius 3 is 2.73 bits per heavy atom. The first-order valence-electron chi connectivity index (χ1n) is 12.1. The maximum Gasteiger partial charge on any atom is 0.303 e. The van der Waals surface area contributed by atoms with Crippen molar-refractivity contribution < 1.29 is 24.9 Å². The summed E-state index contributed by atoms with van der Waals surface area (Å²) >= 11 is 0. The molecule has 0 radical (unpaired) electrons. The number of carbonyl (C=O) groups is 1. The van der Waals surface area contributed by atoms with Crippen LogP contribution in [0.3, 0.4) is 0 Å². The first-order valence-corrected chi connectivity index (χ1v) is 12.1. The molecule has 5 heteroatoms. The Morgan fingerprint density at radius 2 is 2.03 bits per heavy atom. The van der Waals surface area contributed by atoms with Gasteiger partial charge >= 0.3 is 5.97 Å². The topological polar surface area (TPSA) is 87.0 Å². The molecule has 5 atom stereocenters. The molecule has 3 N–H and O–H groups in total. The van der Waals surface area contributed by atoms with Gasteiger partial charge in [-0.1, -0.05) is 44.4 Å². The average molecular weight is 421 g/mol. The van der Waals surface area contributed by atoms with E-state index in [4.69, 9.17) is 9.84 Å². The van der Waals surface area contributed by atoms with Gasteiger partial charge in [0.05, 0.1) is 17.8 Å². The summed E-state index contributed by atoms with van der Waals surface area (Å²) in [5, 5.41) is 30.2. The second-order valence-corrected chi connectivity index (χ2v) is 9.52. The molecule has 170 valence electrons. The lowest BCUT2D eigenvalue weighted by molar-refractivity contribution is -0.158. The molecule has 3 aliphatic rings. The highest BCUT2D eigenvalue weighted by atomic mass is 16.5. The zero-order valence-electron chi connectivity index (χ0n) is 18.5. The molecule has 3 aliphatic carbocycles. The number of allylic oxidation sites excluding steroid dienone is 1. The molecular formula is C25H40O5. The lowest BCUT2D eigenvalue weighted by Crippen LogP contribution is -2.60. The number of rotatable bonds is 11. The van der Waals surface area contributed by atoms with Crippen molar-refractivity contribution in [2.75, 3.05) is 6.61 Å². The summed E-state index contributed by atoms with van der Waals surface area (Å²) in [4.78, 5) is 10.8. The minimum absolute atomic E-state index is 0.00704. The molecule has 1 unspecified atom stereocenters. The van der Waals surface area contributed by atoms with Crippen LogP contribution in [0.2, 0.25) is 0 Å². The van der Waals surface area contributed by atoms with Gasteiger partial charge in [0.15, 0.2) is 0 Å². The second-order valence-electron chi connectivity index (χ2n) is 9.52. The Morgan fingerprint density at radius 1 is 1.27 bits per heavy atom. The Kier molecular flexibility index (Phi) is 8.55. The normalized spacial score (nSPS) is 34.2. The van der Waals surface area contributed by atoms with E-state index in [2.05, 4.69) is 19.1 Å². The van der Waals surface area contributed by atoms with Gasteiger partial charge in [0.2, 0.25) is 0 Å². The van der Waals surface area contributed by atoms with Crippen LogP contribution in [0.1, 0.15) is 84.0 Å². The summed E-state index contributed by atoms with van der Waals surface area (Å²) in [5.74, 6) is -0.150. The van der Waals surface area contributed by atoms with E-state index in [9.17, 15) is 15.0 Å². The standard InChI is InChI=1S/C25H40O5/c1-2-3-16-30-25-15-14-23(27)20(12-13-22(26)18-8-4-5-9-18)21(25)17-19(25)10-6-7-11-24(28)29/h10,12-13,18,20-23,26-27H,2-9,11,14-17H2,1H3,(H,28,29)/b13-12+,19-10?/t20-,21-,22?,23-,25+/m0/s1. The van der Waals surface area contributed by atoms with Crippen molar-refractivity contribution in [3.63, 3.8) is 0 Å². The van der Waals surface area contributed by atoms with Crippen LogP contribution in [-0.2, 0) is 9.53 Å². The summed E-state index contributed by atoms with van der Waals surface area (Å²) in [5.41, 5.74) is 0.973. The minimum atomic E-state index is -0.749. The Balaban J connectivity index is 1.69. The van der Waals surface area contributed by atoms with Crippen molar-refractivity contribution in [1.29, 1.82) is 0 Å². The fourth-order valence-corrected chi connectivity index (χ4v) is 5.71. The van der Waals surface area contributed by atoms with Crippen molar-refractivity contribution in [2.24, 2.45) is 17.8 Å². The van der Waals surface area contributed by atoms with Crippen LogP contribution in [-0.4, -0.2) is 45.7 Å². The predicted octanol–water partition coefficient (Wildman–Crippen LogP) is 4.62. The maximum atomic E-state index is 10.8. The molecule has 0 saturated heterocycles. The van der Waals surface area contributed by atoms with Gasteiger partial charge in [-0.2, -0.15) is 0 Å². The monoisotopic (exact) mass is 420 g/mol. The number of aliphatic hydroxyl groups is 2. The Bertz CT molecular complexity index is 621. The van der Waals surface area contributed by atoms with Gasteiger partial charge in [-0.3, -0.25) is 4.79 Å². The lowest BCUT2D eigenvalue weighted by Gasteiger charge is -2.58. The van der Waals surface area contributed by atoms with Crippen LogP contribution in [0, 0.1) is 17.8 Å². The van der Waals surface area contributed by atoms with Crippen molar-refractivity contribution >= 4 is 5.97 Å². The lowest BCUT2D eigenvalue weighted by atomic mass is 9.53. The third-order valence-electron chi connectivity index (χ3n) is 7.56. The van der Waals surface area contributed by atoms with E-state index in [0.717, 1.165) is 51.6 Å². The van der Waals surface area contributed by atoms with E-state index in [1.54, 1.807) is 0 Å². The largest absolute Gasteiger partial charge is 0.481 e. The summed E-state index contributed by atoms with van der Waals surface area (Å²) in [6, 6.07) is 0. The van der Waals surface area contributed by atoms with Gasteiger partial charge in [0.1, 0.15) is 0 Å². The van der Waals surface area contributed by atoms with E-state index >= 15 is 0 Å². The summed E-state index contributed by atoms with van der Waals surface area (Å²) < 4.78 is 6.49. The maximum absolute atomic E-state index is 10.8. The molecule has 3 fully saturated rings. The quantitative estimate of drug-likeness (QED) is 0.335. The van der Waals surface area contributed by atoms with Gasteiger partial charge in [-0.25, -0.2) is 0 Å². The van der Waals surface area contributed by atoms with E-state index in [1.807, 2.05) is 6.08 Å². The van der Waals surface area contributed by atoms with Crippen LogP contribution in [0.4, 0.5) is 0 Å². The SMILES string of the molecule is CCCCO[C@@]12CC[C@H](O)[C@@H](/C=C/C(O)C3CCCC3)[C@@H]1CC2=CCCCC(=O)O. The number of aliphatic carboxylic acids is 1. The first kappa shape index (κ1) is 23.5. The van der Waals surface area contributed by atoms with E-state index in [-0.39, 0.29) is 23.9 Å². The molecule has 0 aromatic heterocycles. The molecule has 0 aromatic carbocycles. The fraction of sp³-hybridized carbons (Fsp3) is 0.800. The first-order chi connectivity index (χ1) is 14.5. The zero-order valence-corrected chi connectivity index (χ0v) is 18.5. The van der Waals surface area contributed by atoms with Crippen LogP contribution in [0.15, 0.2) is 23.8 Å². The molecule has 0 heterocycles. The third-order valence-corrected chi connectivity index (χ3v) is 7.56. The van der Waals surface area contributed by atoms with Crippen LogP contribution >= 0.6 is 0 Å². The molecule has 0 aromatic rings. The second kappa shape index (κ2) is 10.9. The highest BCUT2D eigenvalue weighted by Crippen LogP contribution is 2.57. The molecular weight excluding hydrogens is 380 g/mol. The number of ether oxygens (including phenoxy) is 1. The number of fused-ring (bicyclic) bond motifs is 1. The van der Waals surface area contributed by atoms with Crippen LogP contribution in [0.25, 0.3) is 0 Å².